The van der Waals surface area contributed by atoms with Crippen molar-refractivity contribution >= 4 is 5.97 Å². The molecule has 0 radical (unpaired) electrons. The number of nitrogens with one attached hydrogen (secondary N) is 1. The fraction of sp³-hybridized carbons (Fsp3) is 0.812. The maximum absolute atomic E-state index is 10.9. The van der Waals surface area contributed by atoms with Gasteiger partial charge in [-0.3, -0.25) is 4.79 Å². The molecule has 0 aromatic carbocycles. The first-order chi connectivity index (χ1) is 8.99. The summed E-state index contributed by atoms with van der Waals surface area (Å²) in [5.41, 5.74) is 1.85. The normalized spacial score (nSPS) is 28.2. The van der Waals surface area contributed by atoms with E-state index in [0.29, 0.717) is 6.04 Å². The number of carboxylic acids is 1. The quantitative estimate of drug-likeness (QED) is 0.749. The van der Waals surface area contributed by atoms with Crippen molar-refractivity contribution in [3.05, 3.63) is 11.6 Å². The largest absolute Gasteiger partial charge is 0.481 e. The van der Waals surface area contributed by atoms with Crippen molar-refractivity contribution in [1.82, 2.24) is 5.32 Å². The van der Waals surface area contributed by atoms with Gasteiger partial charge in [-0.05, 0) is 50.4 Å². The van der Waals surface area contributed by atoms with Gasteiger partial charge in [0.15, 0.2) is 0 Å². The Bertz CT molecular complexity index is 352. The smallest absolute Gasteiger partial charge is 0.306 e. The van der Waals surface area contributed by atoms with Crippen LogP contribution in [0.4, 0.5) is 0 Å². The number of aliphatic carboxylic acids is 1. The summed E-state index contributed by atoms with van der Waals surface area (Å²) in [5.74, 6) is -0.724. The van der Waals surface area contributed by atoms with Crippen LogP contribution in [0, 0.1) is 11.3 Å². The van der Waals surface area contributed by atoms with Crippen molar-refractivity contribution in [3.8, 4) is 0 Å². The van der Waals surface area contributed by atoms with E-state index in [1.165, 1.54) is 19.3 Å². The molecule has 0 saturated heterocycles. The number of hydrogen-bond acceptors (Lipinski definition) is 2. The van der Waals surface area contributed by atoms with Gasteiger partial charge < -0.3 is 10.4 Å². The second-order valence-corrected chi connectivity index (χ2v) is 6.77. The van der Waals surface area contributed by atoms with Crippen LogP contribution in [0.2, 0.25) is 0 Å². The molecule has 2 aliphatic rings. The monoisotopic (exact) mass is 265 g/mol. The summed E-state index contributed by atoms with van der Waals surface area (Å²) in [7, 11) is 0. The van der Waals surface area contributed by atoms with Crippen LogP contribution in [0.3, 0.4) is 0 Å². The molecule has 0 atom stereocenters. The molecule has 0 aliphatic heterocycles. The fourth-order valence-electron chi connectivity index (χ4n) is 3.34. The average molecular weight is 265 g/mol. The molecule has 0 aromatic heterocycles. The molecule has 3 nitrogen and oxygen atoms in total. The molecule has 0 aromatic rings. The lowest BCUT2D eigenvalue weighted by Gasteiger charge is -2.32. The Labute approximate surface area is 116 Å². The molecular formula is C16H27NO2. The standard InChI is InChI=1S/C16H27NO2/c1-16(2,13-5-3-4-6-13)11-17-14-9-7-12(8-10-14)15(18)19/h5,12,14,17H,3-4,6-11H2,1-2H3,(H,18,19). The first-order valence-corrected chi connectivity index (χ1v) is 7.65. The third-order valence-electron chi connectivity index (χ3n) is 4.82. The maximum atomic E-state index is 10.9. The Hall–Kier alpha value is -0.830. The molecule has 1 saturated carbocycles. The van der Waals surface area contributed by atoms with E-state index in [1.807, 2.05) is 0 Å². The molecule has 2 aliphatic carbocycles. The van der Waals surface area contributed by atoms with Crippen LogP contribution in [0.25, 0.3) is 0 Å². The lowest BCUT2D eigenvalue weighted by molar-refractivity contribution is -0.142. The summed E-state index contributed by atoms with van der Waals surface area (Å²) >= 11 is 0. The Balaban J connectivity index is 1.75. The van der Waals surface area contributed by atoms with Gasteiger partial charge in [0.1, 0.15) is 0 Å². The number of carboxylic acid groups (broad SMARTS) is 1. The first kappa shape index (κ1) is 14.6. The van der Waals surface area contributed by atoms with Crippen molar-refractivity contribution < 1.29 is 9.90 Å². The highest BCUT2D eigenvalue weighted by atomic mass is 16.4. The molecule has 1 fully saturated rings. The topological polar surface area (TPSA) is 49.3 Å². The van der Waals surface area contributed by atoms with Gasteiger partial charge in [0.2, 0.25) is 0 Å². The van der Waals surface area contributed by atoms with Crippen molar-refractivity contribution in [1.29, 1.82) is 0 Å². The molecule has 0 amide bonds. The predicted octanol–water partition coefficient (Wildman–Crippen LogP) is 3.36. The van der Waals surface area contributed by atoms with E-state index < -0.39 is 5.97 Å². The maximum Gasteiger partial charge on any atom is 0.306 e. The van der Waals surface area contributed by atoms with E-state index in [1.54, 1.807) is 5.57 Å². The molecule has 0 unspecified atom stereocenters. The Kier molecular flexibility index (Phi) is 4.67. The zero-order chi connectivity index (χ0) is 13.9. The van der Waals surface area contributed by atoms with Crippen LogP contribution in [0.1, 0.15) is 58.8 Å². The minimum atomic E-state index is -0.616. The zero-order valence-corrected chi connectivity index (χ0v) is 12.2. The third kappa shape index (κ3) is 3.82. The average Bonchev–Trinajstić information content (AvgIpc) is 2.91. The number of hydrogen-bond donors (Lipinski definition) is 2. The minimum absolute atomic E-state index is 0.108. The van der Waals surface area contributed by atoms with E-state index >= 15 is 0 Å². The Morgan fingerprint density at radius 3 is 2.58 bits per heavy atom. The highest BCUT2D eigenvalue weighted by Crippen LogP contribution is 2.34. The Morgan fingerprint density at radius 1 is 1.37 bits per heavy atom. The van der Waals surface area contributed by atoms with Gasteiger partial charge in [0.25, 0.3) is 0 Å². The van der Waals surface area contributed by atoms with Crippen molar-refractivity contribution in [3.63, 3.8) is 0 Å². The molecule has 3 heteroatoms. The van der Waals surface area contributed by atoms with Crippen LogP contribution in [-0.4, -0.2) is 23.7 Å². The molecule has 108 valence electrons. The van der Waals surface area contributed by atoms with E-state index in [4.69, 9.17) is 5.11 Å². The van der Waals surface area contributed by atoms with Gasteiger partial charge in [0.05, 0.1) is 5.92 Å². The SMILES string of the molecule is CC(C)(CNC1CCC(C(=O)O)CC1)C1=CCCC1. The van der Waals surface area contributed by atoms with Crippen LogP contribution in [0.15, 0.2) is 11.6 Å². The van der Waals surface area contributed by atoms with E-state index in [9.17, 15) is 4.79 Å². The van der Waals surface area contributed by atoms with Gasteiger partial charge in [-0.25, -0.2) is 0 Å². The number of rotatable bonds is 5. The molecule has 0 spiro atoms. The van der Waals surface area contributed by atoms with E-state index in [0.717, 1.165) is 32.2 Å². The molecule has 2 N–H and O–H groups in total. The van der Waals surface area contributed by atoms with Gasteiger partial charge in [-0.2, -0.15) is 0 Å². The lowest BCUT2D eigenvalue weighted by atomic mass is 9.82. The predicted molar refractivity (Wildman–Crippen MR) is 77.1 cm³/mol. The number of carbonyl (C=O) groups is 1. The van der Waals surface area contributed by atoms with Crippen molar-refractivity contribution in [2.24, 2.45) is 11.3 Å². The van der Waals surface area contributed by atoms with Crippen molar-refractivity contribution in [2.75, 3.05) is 6.54 Å². The molecule has 2 rings (SSSR count). The van der Waals surface area contributed by atoms with E-state index in [2.05, 4.69) is 25.2 Å². The second-order valence-electron chi connectivity index (χ2n) is 6.77. The summed E-state index contributed by atoms with van der Waals surface area (Å²) in [6, 6.07) is 0.511. The van der Waals surface area contributed by atoms with Crippen LogP contribution >= 0.6 is 0 Å². The summed E-state index contributed by atoms with van der Waals surface area (Å²) in [6.07, 6.45) is 9.87. The highest BCUT2D eigenvalue weighted by Gasteiger charge is 2.29. The molecule has 19 heavy (non-hydrogen) atoms. The Morgan fingerprint density at radius 2 is 2.05 bits per heavy atom. The lowest BCUT2D eigenvalue weighted by Crippen LogP contribution is -2.40. The van der Waals surface area contributed by atoms with Gasteiger partial charge in [-0.15, -0.1) is 0 Å². The number of allylic oxidation sites excluding steroid dienone is 1. The van der Waals surface area contributed by atoms with Crippen LogP contribution < -0.4 is 5.32 Å². The minimum Gasteiger partial charge on any atom is -0.481 e. The zero-order valence-electron chi connectivity index (χ0n) is 12.2. The highest BCUT2D eigenvalue weighted by molar-refractivity contribution is 5.70. The summed E-state index contributed by atoms with van der Waals surface area (Å²) < 4.78 is 0. The van der Waals surface area contributed by atoms with Gasteiger partial charge in [-0.1, -0.05) is 25.5 Å². The second kappa shape index (κ2) is 6.08. The first-order valence-electron chi connectivity index (χ1n) is 7.65. The van der Waals surface area contributed by atoms with Crippen LogP contribution in [-0.2, 0) is 4.79 Å². The van der Waals surface area contributed by atoms with Gasteiger partial charge >= 0.3 is 5.97 Å². The fourth-order valence-corrected chi connectivity index (χ4v) is 3.34. The summed E-state index contributed by atoms with van der Waals surface area (Å²) in [5, 5.41) is 12.7. The molecule has 0 heterocycles. The van der Waals surface area contributed by atoms with E-state index in [-0.39, 0.29) is 11.3 Å². The third-order valence-corrected chi connectivity index (χ3v) is 4.82. The van der Waals surface area contributed by atoms with Gasteiger partial charge in [0, 0.05) is 12.6 Å². The summed E-state index contributed by atoms with van der Waals surface area (Å²) in [6.45, 7) is 5.65. The summed E-state index contributed by atoms with van der Waals surface area (Å²) in [4.78, 5) is 10.9. The van der Waals surface area contributed by atoms with Crippen molar-refractivity contribution in [2.45, 2.75) is 64.8 Å². The van der Waals surface area contributed by atoms with Crippen LogP contribution in [0.5, 0.6) is 0 Å². The molecular weight excluding hydrogens is 238 g/mol. The molecule has 0 bridgehead atoms.